The standard InChI is InChI=1S/C12H18N2O3S/c1-14(6-2-5-13)10(15)8-18-9-12(3-4-12)7-11(16)17/h2-4,6-9H2,1H3,(H,16,17). The fourth-order valence-corrected chi connectivity index (χ4v) is 3.00. The lowest BCUT2D eigenvalue weighted by Gasteiger charge is -2.16. The van der Waals surface area contributed by atoms with E-state index in [0.717, 1.165) is 18.6 Å². The van der Waals surface area contributed by atoms with Crippen LogP contribution < -0.4 is 0 Å². The second-order valence-corrected chi connectivity index (χ2v) is 5.77. The van der Waals surface area contributed by atoms with Crippen molar-refractivity contribution >= 4 is 23.6 Å². The maximum absolute atomic E-state index is 11.7. The average molecular weight is 270 g/mol. The first-order valence-electron chi connectivity index (χ1n) is 5.89. The highest BCUT2D eigenvalue weighted by Gasteiger charge is 2.44. The maximum Gasteiger partial charge on any atom is 0.303 e. The third-order valence-electron chi connectivity index (χ3n) is 3.10. The summed E-state index contributed by atoms with van der Waals surface area (Å²) in [6, 6.07) is 2.00. The van der Waals surface area contributed by atoms with E-state index in [9.17, 15) is 9.59 Å². The van der Waals surface area contributed by atoms with Crippen LogP contribution in [0.15, 0.2) is 0 Å². The summed E-state index contributed by atoms with van der Waals surface area (Å²) >= 11 is 1.50. The lowest BCUT2D eigenvalue weighted by Crippen LogP contribution is -2.29. The van der Waals surface area contributed by atoms with E-state index < -0.39 is 5.97 Å². The molecule has 0 aromatic carbocycles. The number of carbonyl (C=O) groups excluding carboxylic acids is 1. The number of carboxylic acids is 1. The Balaban J connectivity index is 2.20. The smallest absolute Gasteiger partial charge is 0.303 e. The van der Waals surface area contributed by atoms with Crippen molar-refractivity contribution in [1.29, 1.82) is 5.26 Å². The minimum atomic E-state index is -0.759. The molecular formula is C12H18N2O3S. The van der Waals surface area contributed by atoms with Crippen LogP contribution in [-0.2, 0) is 9.59 Å². The van der Waals surface area contributed by atoms with Crippen LogP contribution in [0.3, 0.4) is 0 Å². The third kappa shape index (κ3) is 4.96. The van der Waals surface area contributed by atoms with Gasteiger partial charge in [-0.2, -0.15) is 17.0 Å². The molecule has 0 bridgehead atoms. The van der Waals surface area contributed by atoms with E-state index in [1.54, 1.807) is 11.9 Å². The molecule has 1 rings (SSSR count). The predicted molar refractivity (Wildman–Crippen MR) is 69.1 cm³/mol. The number of carboxylic acid groups (broad SMARTS) is 1. The maximum atomic E-state index is 11.7. The van der Waals surface area contributed by atoms with Gasteiger partial charge in [-0.25, -0.2) is 0 Å². The third-order valence-corrected chi connectivity index (χ3v) is 4.37. The van der Waals surface area contributed by atoms with Crippen molar-refractivity contribution in [3.05, 3.63) is 0 Å². The second-order valence-electron chi connectivity index (χ2n) is 4.79. The summed E-state index contributed by atoms with van der Waals surface area (Å²) in [5, 5.41) is 17.2. The number of nitriles is 1. The summed E-state index contributed by atoms with van der Waals surface area (Å²) < 4.78 is 0. The molecule has 100 valence electrons. The molecule has 1 saturated carbocycles. The van der Waals surface area contributed by atoms with Crippen LogP contribution >= 0.6 is 11.8 Å². The fraction of sp³-hybridized carbons (Fsp3) is 0.750. The number of amides is 1. The Morgan fingerprint density at radius 3 is 2.67 bits per heavy atom. The summed E-state index contributed by atoms with van der Waals surface area (Å²) in [4.78, 5) is 23.9. The van der Waals surface area contributed by atoms with E-state index in [-0.39, 0.29) is 17.7 Å². The highest BCUT2D eigenvalue weighted by atomic mass is 32.2. The van der Waals surface area contributed by atoms with Gasteiger partial charge in [0.25, 0.3) is 0 Å². The van der Waals surface area contributed by atoms with Gasteiger partial charge in [0, 0.05) is 13.6 Å². The SMILES string of the molecule is CN(CCC#N)C(=O)CSCC1(CC(=O)O)CC1. The first-order valence-corrected chi connectivity index (χ1v) is 7.05. The Bertz CT molecular complexity index is 361. The number of carbonyl (C=O) groups is 2. The summed E-state index contributed by atoms with van der Waals surface area (Å²) in [6.45, 7) is 0.455. The van der Waals surface area contributed by atoms with E-state index in [2.05, 4.69) is 0 Å². The van der Waals surface area contributed by atoms with Gasteiger partial charge >= 0.3 is 5.97 Å². The van der Waals surface area contributed by atoms with E-state index in [1.165, 1.54) is 11.8 Å². The molecule has 0 atom stereocenters. The molecule has 0 aromatic heterocycles. The predicted octanol–water partition coefficient (Wildman–Crippen LogP) is 1.35. The molecule has 1 fully saturated rings. The zero-order valence-corrected chi connectivity index (χ0v) is 11.3. The lowest BCUT2D eigenvalue weighted by molar-refractivity contribution is -0.138. The molecule has 18 heavy (non-hydrogen) atoms. The van der Waals surface area contributed by atoms with Crippen molar-refractivity contribution in [2.45, 2.75) is 25.7 Å². The molecule has 0 aromatic rings. The molecule has 6 heteroatoms. The van der Waals surface area contributed by atoms with Crippen molar-refractivity contribution in [2.24, 2.45) is 5.41 Å². The average Bonchev–Trinajstić information content (AvgIpc) is 3.04. The zero-order valence-electron chi connectivity index (χ0n) is 10.5. The molecule has 0 radical (unpaired) electrons. The van der Waals surface area contributed by atoms with Crippen molar-refractivity contribution in [3.63, 3.8) is 0 Å². The van der Waals surface area contributed by atoms with Gasteiger partial charge in [-0.15, -0.1) is 0 Å². The minimum Gasteiger partial charge on any atom is -0.481 e. The molecule has 0 aliphatic heterocycles. The molecule has 0 saturated heterocycles. The lowest BCUT2D eigenvalue weighted by atomic mass is 10.1. The van der Waals surface area contributed by atoms with Crippen molar-refractivity contribution in [3.8, 4) is 6.07 Å². The van der Waals surface area contributed by atoms with Crippen molar-refractivity contribution in [1.82, 2.24) is 4.90 Å². The van der Waals surface area contributed by atoms with Gasteiger partial charge in [-0.1, -0.05) is 0 Å². The molecule has 0 unspecified atom stereocenters. The Labute approximate surface area is 111 Å². The van der Waals surface area contributed by atoms with E-state index >= 15 is 0 Å². The van der Waals surface area contributed by atoms with Gasteiger partial charge in [0.2, 0.25) is 5.91 Å². The Morgan fingerprint density at radius 2 is 2.17 bits per heavy atom. The molecule has 1 aliphatic carbocycles. The number of hydrogen-bond donors (Lipinski definition) is 1. The summed E-state index contributed by atoms with van der Waals surface area (Å²) in [5.41, 5.74) is -0.0675. The number of aliphatic carboxylic acids is 1. The van der Waals surface area contributed by atoms with Crippen LogP contribution in [0, 0.1) is 16.7 Å². The first kappa shape index (κ1) is 14.8. The largest absolute Gasteiger partial charge is 0.481 e. The van der Waals surface area contributed by atoms with Gasteiger partial charge in [0.1, 0.15) is 0 Å². The summed E-state index contributed by atoms with van der Waals surface area (Å²) in [5.74, 6) is 0.340. The van der Waals surface area contributed by atoms with Crippen LogP contribution in [0.5, 0.6) is 0 Å². The second kappa shape index (κ2) is 6.64. The Morgan fingerprint density at radius 1 is 1.50 bits per heavy atom. The number of thioether (sulfide) groups is 1. The summed E-state index contributed by atoms with van der Waals surface area (Å²) in [7, 11) is 1.68. The van der Waals surface area contributed by atoms with Gasteiger partial charge in [0.05, 0.1) is 24.7 Å². The van der Waals surface area contributed by atoms with E-state index in [1.807, 2.05) is 6.07 Å². The van der Waals surface area contributed by atoms with Crippen LogP contribution in [-0.4, -0.2) is 47.0 Å². The van der Waals surface area contributed by atoms with Crippen LogP contribution in [0.2, 0.25) is 0 Å². The normalized spacial score (nSPS) is 15.8. The van der Waals surface area contributed by atoms with Crippen LogP contribution in [0.1, 0.15) is 25.7 Å². The number of hydrogen-bond acceptors (Lipinski definition) is 4. The Kier molecular flexibility index (Phi) is 5.48. The molecule has 1 aliphatic rings. The zero-order chi connectivity index (χ0) is 13.6. The van der Waals surface area contributed by atoms with Gasteiger partial charge < -0.3 is 10.0 Å². The van der Waals surface area contributed by atoms with Crippen molar-refractivity contribution in [2.75, 3.05) is 25.1 Å². The molecule has 5 nitrogen and oxygen atoms in total. The summed E-state index contributed by atoms with van der Waals surface area (Å²) in [6.07, 6.45) is 2.45. The molecular weight excluding hydrogens is 252 g/mol. The topological polar surface area (TPSA) is 81.4 Å². The van der Waals surface area contributed by atoms with E-state index in [0.29, 0.717) is 18.7 Å². The monoisotopic (exact) mass is 270 g/mol. The molecule has 0 spiro atoms. The molecule has 1 amide bonds. The first-order chi connectivity index (χ1) is 8.49. The van der Waals surface area contributed by atoms with Gasteiger partial charge in [0.15, 0.2) is 0 Å². The molecule has 0 heterocycles. The molecule has 1 N–H and O–H groups in total. The van der Waals surface area contributed by atoms with Crippen LogP contribution in [0.4, 0.5) is 0 Å². The fourth-order valence-electron chi connectivity index (χ4n) is 1.68. The van der Waals surface area contributed by atoms with E-state index in [4.69, 9.17) is 10.4 Å². The van der Waals surface area contributed by atoms with Crippen molar-refractivity contribution < 1.29 is 14.7 Å². The Hall–Kier alpha value is -1.22. The highest BCUT2D eigenvalue weighted by molar-refractivity contribution is 7.99. The highest BCUT2D eigenvalue weighted by Crippen LogP contribution is 2.50. The minimum absolute atomic E-state index is 0.00127. The number of rotatable bonds is 8. The van der Waals surface area contributed by atoms with Gasteiger partial charge in [-0.05, 0) is 24.0 Å². The number of nitrogens with zero attached hydrogens (tertiary/aromatic N) is 2. The van der Waals surface area contributed by atoms with Gasteiger partial charge in [-0.3, -0.25) is 9.59 Å². The van der Waals surface area contributed by atoms with Crippen LogP contribution in [0.25, 0.3) is 0 Å². The quantitative estimate of drug-likeness (QED) is 0.720.